The second-order valence-corrected chi connectivity index (χ2v) is 6.19. The molecule has 84 valence electrons. The molecule has 0 radical (unpaired) electrons. The highest BCUT2D eigenvalue weighted by Crippen LogP contribution is 2.31. The molecule has 1 N–H and O–H groups in total. The van der Waals surface area contributed by atoms with Crippen LogP contribution in [0.2, 0.25) is 0 Å². The quantitative estimate of drug-likeness (QED) is 0.840. The molecule has 1 saturated carbocycles. The van der Waals surface area contributed by atoms with Gasteiger partial charge in [0.15, 0.2) is 14.9 Å². The fourth-order valence-corrected chi connectivity index (χ4v) is 2.63. The molecule has 0 atom stereocenters. The highest BCUT2D eigenvalue weighted by atomic mass is 32.2. The summed E-state index contributed by atoms with van der Waals surface area (Å²) in [5.74, 6) is 1.27. The molecule has 2 rings (SSSR count). The lowest BCUT2D eigenvalue weighted by Gasteiger charge is -2.18. The zero-order chi connectivity index (χ0) is 10.9. The Morgan fingerprint density at radius 2 is 2.00 bits per heavy atom. The van der Waals surface area contributed by atoms with Crippen LogP contribution in [0.15, 0.2) is 11.2 Å². The van der Waals surface area contributed by atoms with Gasteiger partial charge in [-0.05, 0) is 12.8 Å². The first kappa shape index (κ1) is 10.7. The summed E-state index contributed by atoms with van der Waals surface area (Å²) in [7, 11) is -3.16. The van der Waals surface area contributed by atoms with Gasteiger partial charge < -0.3 is 4.98 Å². The number of nitrogens with zero attached hydrogens (tertiary/aromatic N) is 1. The summed E-state index contributed by atoms with van der Waals surface area (Å²) in [5.41, 5.74) is 0. The van der Waals surface area contributed by atoms with Crippen molar-refractivity contribution in [2.24, 2.45) is 0 Å². The summed E-state index contributed by atoms with van der Waals surface area (Å²) in [4.78, 5) is 7.15. The summed E-state index contributed by atoms with van der Waals surface area (Å²) in [6.45, 7) is 0. The Morgan fingerprint density at radius 3 is 2.53 bits per heavy atom. The lowest BCUT2D eigenvalue weighted by molar-refractivity contribution is 0.430. The minimum atomic E-state index is -3.16. The molecule has 1 fully saturated rings. The van der Waals surface area contributed by atoms with Crippen LogP contribution in [0.4, 0.5) is 0 Å². The Morgan fingerprint density at radius 1 is 1.33 bits per heavy atom. The van der Waals surface area contributed by atoms with Gasteiger partial charge in [-0.25, -0.2) is 13.4 Å². The number of sulfone groups is 1. The van der Waals surface area contributed by atoms with Crippen LogP contribution in [0, 0.1) is 0 Å². The lowest BCUT2D eigenvalue weighted by Crippen LogP contribution is -2.06. The highest BCUT2D eigenvalue weighted by molar-refractivity contribution is 7.90. The Bertz CT molecular complexity index is 430. The van der Waals surface area contributed by atoms with E-state index in [0.717, 1.165) is 18.7 Å². The molecule has 0 saturated heterocycles. The molecule has 0 aliphatic heterocycles. The molecule has 1 aromatic heterocycles. The van der Waals surface area contributed by atoms with Gasteiger partial charge >= 0.3 is 0 Å². The van der Waals surface area contributed by atoms with Crippen LogP contribution >= 0.6 is 0 Å². The molecule has 0 unspecified atom stereocenters. The number of nitrogens with one attached hydrogen (secondary N) is 1. The van der Waals surface area contributed by atoms with E-state index in [2.05, 4.69) is 9.97 Å². The van der Waals surface area contributed by atoms with Crippen LogP contribution in [0.1, 0.15) is 43.8 Å². The van der Waals surface area contributed by atoms with Crippen molar-refractivity contribution in [1.82, 2.24) is 9.97 Å². The summed E-state index contributed by atoms with van der Waals surface area (Å²) in [5, 5.41) is 0.170. The fourth-order valence-electron chi connectivity index (χ4n) is 2.09. The van der Waals surface area contributed by atoms with Crippen molar-refractivity contribution in [2.45, 2.75) is 43.0 Å². The molecule has 1 aromatic rings. The summed E-state index contributed by atoms with van der Waals surface area (Å²) >= 11 is 0. The van der Waals surface area contributed by atoms with Crippen molar-refractivity contribution in [3.05, 3.63) is 12.0 Å². The number of aromatic nitrogens is 2. The molecule has 1 heterocycles. The van der Waals surface area contributed by atoms with Gasteiger partial charge in [0, 0.05) is 18.4 Å². The molecule has 1 aliphatic rings. The molecule has 0 spiro atoms. The number of rotatable bonds is 2. The van der Waals surface area contributed by atoms with Crippen LogP contribution in [0.3, 0.4) is 0 Å². The van der Waals surface area contributed by atoms with E-state index in [4.69, 9.17) is 0 Å². The van der Waals surface area contributed by atoms with E-state index >= 15 is 0 Å². The molecule has 0 amide bonds. The normalized spacial score (nSPS) is 19.3. The predicted octanol–water partition coefficient (Wildman–Crippen LogP) is 1.86. The first-order valence-electron chi connectivity index (χ1n) is 5.33. The van der Waals surface area contributed by atoms with E-state index in [1.807, 2.05) is 0 Å². The van der Waals surface area contributed by atoms with E-state index in [9.17, 15) is 8.42 Å². The number of hydrogen-bond acceptors (Lipinski definition) is 3. The Labute approximate surface area is 90.0 Å². The summed E-state index contributed by atoms with van der Waals surface area (Å²) in [6.07, 6.45) is 8.66. The fraction of sp³-hybridized carbons (Fsp3) is 0.700. The maximum Gasteiger partial charge on any atom is 0.194 e. The van der Waals surface area contributed by atoms with E-state index in [1.54, 1.807) is 0 Å². The number of H-pyrrole nitrogens is 1. The highest BCUT2D eigenvalue weighted by Gasteiger charge is 2.20. The topological polar surface area (TPSA) is 62.8 Å². The average Bonchev–Trinajstić information content (AvgIpc) is 2.67. The van der Waals surface area contributed by atoms with Crippen LogP contribution in [-0.4, -0.2) is 24.6 Å². The molecular weight excluding hydrogens is 212 g/mol. The zero-order valence-corrected chi connectivity index (χ0v) is 9.68. The minimum absolute atomic E-state index is 0.170. The molecule has 0 aromatic carbocycles. The van der Waals surface area contributed by atoms with Gasteiger partial charge in [-0.3, -0.25) is 0 Å². The SMILES string of the molecule is CS(=O)(=O)c1c[nH]c(C2CCCCC2)n1. The first-order valence-corrected chi connectivity index (χ1v) is 7.22. The van der Waals surface area contributed by atoms with Crippen LogP contribution in [0.25, 0.3) is 0 Å². The van der Waals surface area contributed by atoms with E-state index in [0.29, 0.717) is 5.92 Å². The molecule has 4 nitrogen and oxygen atoms in total. The number of aromatic amines is 1. The van der Waals surface area contributed by atoms with Crippen molar-refractivity contribution in [1.29, 1.82) is 0 Å². The van der Waals surface area contributed by atoms with Crippen molar-refractivity contribution in [3.63, 3.8) is 0 Å². The average molecular weight is 228 g/mol. The third-order valence-corrected chi connectivity index (χ3v) is 3.91. The van der Waals surface area contributed by atoms with Crippen LogP contribution in [0.5, 0.6) is 0 Å². The molecule has 5 heteroatoms. The van der Waals surface area contributed by atoms with Gasteiger partial charge in [-0.1, -0.05) is 19.3 Å². The summed E-state index contributed by atoms with van der Waals surface area (Å²) < 4.78 is 22.5. The van der Waals surface area contributed by atoms with Crippen molar-refractivity contribution in [3.8, 4) is 0 Å². The van der Waals surface area contributed by atoms with Gasteiger partial charge in [-0.15, -0.1) is 0 Å². The maximum absolute atomic E-state index is 11.2. The molecule has 15 heavy (non-hydrogen) atoms. The molecule has 0 bridgehead atoms. The Balaban J connectivity index is 2.19. The second-order valence-electron chi connectivity index (χ2n) is 4.23. The maximum atomic E-state index is 11.2. The zero-order valence-electron chi connectivity index (χ0n) is 8.86. The van der Waals surface area contributed by atoms with Gasteiger partial charge in [0.2, 0.25) is 0 Å². The van der Waals surface area contributed by atoms with Gasteiger partial charge in [0.25, 0.3) is 0 Å². The monoisotopic (exact) mass is 228 g/mol. The Hall–Kier alpha value is -0.840. The third kappa shape index (κ3) is 2.40. The van der Waals surface area contributed by atoms with Gasteiger partial charge in [0.1, 0.15) is 5.82 Å². The van der Waals surface area contributed by atoms with E-state index in [1.165, 1.54) is 31.7 Å². The largest absolute Gasteiger partial charge is 0.347 e. The van der Waals surface area contributed by atoms with Crippen molar-refractivity contribution >= 4 is 9.84 Å². The van der Waals surface area contributed by atoms with Crippen molar-refractivity contribution < 1.29 is 8.42 Å². The first-order chi connectivity index (χ1) is 7.07. The van der Waals surface area contributed by atoms with E-state index < -0.39 is 9.84 Å². The number of hydrogen-bond donors (Lipinski definition) is 1. The van der Waals surface area contributed by atoms with Crippen LogP contribution in [-0.2, 0) is 9.84 Å². The van der Waals surface area contributed by atoms with Crippen molar-refractivity contribution in [2.75, 3.05) is 6.26 Å². The third-order valence-electron chi connectivity index (χ3n) is 2.95. The Kier molecular flexibility index (Phi) is 2.82. The predicted molar refractivity (Wildman–Crippen MR) is 57.5 cm³/mol. The second kappa shape index (κ2) is 3.96. The standard InChI is InChI=1S/C10H16N2O2S/c1-15(13,14)9-7-11-10(12-9)8-5-3-2-4-6-8/h7-8H,2-6H2,1H3,(H,11,12). The van der Waals surface area contributed by atoms with Crippen LogP contribution < -0.4 is 0 Å². The van der Waals surface area contributed by atoms with Gasteiger partial charge in [0.05, 0.1) is 0 Å². The lowest BCUT2D eigenvalue weighted by atomic mass is 9.89. The number of imidazole rings is 1. The summed E-state index contributed by atoms with van der Waals surface area (Å²) in [6, 6.07) is 0. The van der Waals surface area contributed by atoms with E-state index in [-0.39, 0.29) is 5.03 Å². The smallest absolute Gasteiger partial charge is 0.194 e. The minimum Gasteiger partial charge on any atom is -0.347 e. The van der Waals surface area contributed by atoms with Gasteiger partial charge in [-0.2, -0.15) is 0 Å². The molecule has 1 aliphatic carbocycles. The molecular formula is C10H16N2O2S.